The first-order valence-electron chi connectivity index (χ1n) is 6.32. The summed E-state index contributed by atoms with van der Waals surface area (Å²) in [6.45, 7) is 0. The Kier molecular flexibility index (Phi) is 3.20. The van der Waals surface area contributed by atoms with Gasteiger partial charge in [-0.2, -0.15) is 0 Å². The van der Waals surface area contributed by atoms with Crippen LogP contribution in [0.15, 0.2) is 12.4 Å². The number of thiazole rings is 1. The number of aliphatic hydroxyl groups is 1. The molecule has 0 fully saturated rings. The molecule has 0 aliphatic heterocycles. The molecule has 5 nitrogen and oxygen atoms in total. The van der Waals surface area contributed by atoms with E-state index >= 15 is 0 Å². The summed E-state index contributed by atoms with van der Waals surface area (Å²) in [5, 5.41) is 10.9. The van der Waals surface area contributed by atoms with E-state index in [9.17, 15) is 5.11 Å². The molecule has 1 N–H and O–H groups in total. The molecule has 0 radical (unpaired) electrons. The van der Waals surface area contributed by atoms with Crippen LogP contribution < -0.4 is 4.90 Å². The highest BCUT2D eigenvalue weighted by Crippen LogP contribution is 2.37. The topological polar surface area (TPSA) is 62.1 Å². The van der Waals surface area contributed by atoms with Gasteiger partial charge in [0, 0.05) is 32.1 Å². The lowest BCUT2D eigenvalue weighted by Crippen LogP contribution is -2.12. The minimum Gasteiger partial charge on any atom is -0.388 e. The highest BCUT2D eigenvalue weighted by molar-refractivity contribution is 7.15. The Morgan fingerprint density at radius 3 is 2.68 bits per heavy atom. The molecule has 0 saturated heterocycles. The first-order chi connectivity index (χ1) is 9.15. The first-order valence-corrected chi connectivity index (χ1v) is 7.14. The van der Waals surface area contributed by atoms with Crippen molar-refractivity contribution in [2.24, 2.45) is 0 Å². The summed E-state index contributed by atoms with van der Waals surface area (Å²) in [7, 11) is 3.82. The lowest BCUT2D eigenvalue weighted by Gasteiger charge is -2.14. The summed E-state index contributed by atoms with van der Waals surface area (Å²) in [5.74, 6) is 0.685. The summed E-state index contributed by atoms with van der Waals surface area (Å²) in [6.07, 6.45) is 6.03. The van der Waals surface area contributed by atoms with Crippen molar-refractivity contribution in [3.8, 4) is 10.6 Å². The Hall–Kier alpha value is -1.53. The minimum absolute atomic E-state index is 0.350. The summed E-state index contributed by atoms with van der Waals surface area (Å²) in [6, 6.07) is 0. The number of aromatic nitrogens is 3. The Morgan fingerprint density at radius 1 is 1.32 bits per heavy atom. The fourth-order valence-electron chi connectivity index (χ4n) is 2.18. The van der Waals surface area contributed by atoms with E-state index in [4.69, 9.17) is 0 Å². The van der Waals surface area contributed by atoms with E-state index in [0.29, 0.717) is 5.95 Å². The molecule has 6 heteroatoms. The second-order valence-electron chi connectivity index (χ2n) is 4.90. The molecular formula is C13H16N4OS. The van der Waals surface area contributed by atoms with Crippen molar-refractivity contribution < 1.29 is 5.11 Å². The monoisotopic (exact) mass is 276 g/mol. The normalized spacial score (nSPS) is 18.2. The van der Waals surface area contributed by atoms with Crippen molar-refractivity contribution in [2.75, 3.05) is 19.0 Å². The van der Waals surface area contributed by atoms with Crippen LogP contribution in [0.2, 0.25) is 0 Å². The SMILES string of the molecule is CN(C)c1ncc(-c2nc3c(s2)C(O)CCC3)cn1. The maximum Gasteiger partial charge on any atom is 0.224 e. The molecule has 3 rings (SSSR count). The van der Waals surface area contributed by atoms with Crippen molar-refractivity contribution in [2.45, 2.75) is 25.4 Å². The molecule has 19 heavy (non-hydrogen) atoms. The first kappa shape index (κ1) is 12.5. The summed E-state index contributed by atoms with van der Waals surface area (Å²) < 4.78 is 0. The van der Waals surface area contributed by atoms with Gasteiger partial charge in [-0.1, -0.05) is 0 Å². The van der Waals surface area contributed by atoms with Gasteiger partial charge in [-0.15, -0.1) is 11.3 Å². The van der Waals surface area contributed by atoms with E-state index in [2.05, 4.69) is 15.0 Å². The molecule has 2 aromatic rings. The molecule has 0 amide bonds. The van der Waals surface area contributed by atoms with Gasteiger partial charge in [0.1, 0.15) is 5.01 Å². The molecule has 1 aliphatic rings. The van der Waals surface area contributed by atoms with Gasteiger partial charge in [0.05, 0.1) is 16.7 Å². The Bertz CT molecular complexity index is 579. The smallest absolute Gasteiger partial charge is 0.224 e. The van der Waals surface area contributed by atoms with Gasteiger partial charge in [0.15, 0.2) is 0 Å². The number of fused-ring (bicyclic) bond motifs is 1. The molecule has 2 aromatic heterocycles. The number of rotatable bonds is 2. The van der Waals surface area contributed by atoms with E-state index in [1.165, 1.54) is 0 Å². The van der Waals surface area contributed by atoms with Crippen molar-refractivity contribution in [3.63, 3.8) is 0 Å². The van der Waals surface area contributed by atoms with E-state index in [1.807, 2.05) is 19.0 Å². The van der Waals surface area contributed by atoms with Gasteiger partial charge in [-0.25, -0.2) is 15.0 Å². The van der Waals surface area contributed by atoms with E-state index in [1.54, 1.807) is 23.7 Å². The number of nitrogens with zero attached hydrogens (tertiary/aromatic N) is 4. The standard InChI is InChI=1S/C13H16N4OS/c1-17(2)13-14-6-8(7-15-13)12-16-9-4-3-5-10(18)11(9)19-12/h6-7,10,18H,3-5H2,1-2H3. The van der Waals surface area contributed by atoms with Crippen LogP contribution >= 0.6 is 11.3 Å². The zero-order chi connectivity index (χ0) is 13.4. The quantitative estimate of drug-likeness (QED) is 0.909. The largest absolute Gasteiger partial charge is 0.388 e. The summed E-state index contributed by atoms with van der Waals surface area (Å²) in [5.41, 5.74) is 1.95. The van der Waals surface area contributed by atoms with Crippen LogP contribution in [0.3, 0.4) is 0 Å². The Balaban J connectivity index is 1.94. The third-order valence-corrected chi connectivity index (χ3v) is 4.45. The van der Waals surface area contributed by atoms with Crippen LogP contribution in [-0.4, -0.2) is 34.2 Å². The van der Waals surface area contributed by atoms with E-state index in [-0.39, 0.29) is 6.10 Å². The minimum atomic E-state index is -0.350. The van der Waals surface area contributed by atoms with Crippen LogP contribution in [0.4, 0.5) is 5.95 Å². The van der Waals surface area contributed by atoms with Crippen molar-refractivity contribution in [1.29, 1.82) is 0 Å². The lowest BCUT2D eigenvalue weighted by atomic mass is 10.0. The maximum absolute atomic E-state index is 9.97. The number of aryl methyl sites for hydroxylation is 1. The van der Waals surface area contributed by atoms with Gasteiger partial charge in [0.2, 0.25) is 5.95 Å². The van der Waals surface area contributed by atoms with Crippen LogP contribution in [0.25, 0.3) is 10.6 Å². The fraction of sp³-hybridized carbons (Fsp3) is 0.462. The predicted molar refractivity (Wildman–Crippen MR) is 75.4 cm³/mol. The second kappa shape index (κ2) is 4.86. The molecule has 1 aliphatic carbocycles. The average molecular weight is 276 g/mol. The number of aliphatic hydroxyl groups excluding tert-OH is 1. The van der Waals surface area contributed by atoms with Crippen LogP contribution in [0.1, 0.15) is 29.5 Å². The van der Waals surface area contributed by atoms with Crippen LogP contribution in [0, 0.1) is 0 Å². The third kappa shape index (κ3) is 2.33. The van der Waals surface area contributed by atoms with Gasteiger partial charge < -0.3 is 10.0 Å². The van der Waals surface area contributed by atoms with Gasteiger partial charge in [-0.05, 0) is 19.3 Å². The lowest BCUT2D eigenvalue weighted by molar-refractivity contribution is 0.160. The highest BCUT2D eigenvalue weighted by Gasteiger charge is 2.23. The zero-order valence-corrected chi connectivity index (χ0v) is 11.8. The molecule has 1 unspecified atom stereocenters. The second-order valence-corrected chi connectivity index (χ2v) is 5.93. The number of anilines is 1. The van der Waals surface area contributed by atoms with E-state index in [0.717, 1.165) is 40.4 Å². The predicted octanol–water partition coefficient (Wildman–Crippen LogP) is 2.04. The Morgan fingerprint density at radius 2 is 2.05 bits per heavy atom. The Labute approximate surface area is 116 Å². The molecular weight excluding hydrogens is 260 g/mol. The van der Waals surface area contributed by atoms with Crippen LogP contribution in [-0.2, 0) is 6.42 Å². The molecule has 2 heterocycles. The summed E-state index contributed by atoms with van der Waals surface area (Å²) in [4.78, 5) is 16.1. The van der Waals surface area contributed by atoms with Crippen molar-refractivity contribution >= 4 is 17.3 Å². The molecule has 0 saturated carbocycles. The molecule has 0 bridgehead atoms. The zero-order valence-electron chi connectivity index (χ0n) is 11.0. The number of hydrogen-bond acceptors (Lipinski definition) is 6. The summed E-state index contributed by atoms with van der Waals surface area (Å²) >= 11 is 1.56. The van der Waals surface area contributed by atoms with E-state index < -0.39 is 0 Å². The van der Waals surface area contributed by atoms with Crippen molar-refractivity contribution in [3.05, 3.63) is 23.0 Å². The van der Waals surface area contributed by atoms with Gasteiger partial charge in [0.25, 0.3) is 0 Å². The van der Waals surface area contributed by atoms with Gasteiger partial charge >= 0.3 is 0 Å². The maximum atomic E-state index is 9.97. The van der Waals surface area contributed by atoms with Crippen LogP contribution in [0.5, 0.6) is 0 Å². The van der Waals surface area contributed by atoms with Gasteiger partial charge in [-0.3, -0.25) is 0 Å². The molecule has 100 valence electrons. The van der Waals surface area contributed by atoms with Crippen molar-refractivity contribution in [1.82, 2.24) is 15.0 Å². The fourth-order valence-corrected chi connectivity index (χ4v) is 3.29. The molecule has 1 atom stereocenters. The third-order valence-electron chi connectivity index (χ3n) is 3.21. The number of hydrogen-bond donors (Lipinski definition) is 1. The molecule has 0 aromatic carbocycles. The highest BCUT2D eigenvalue weighted by atomic mass is 32.1. The average Bonchev–Trinajstić information content (AvgIpc) is 2.84. The molecule has 0 spiro atoms.